The van der Waals surface area contributed by atoms with Crippen LogP contribution in [0.15, 0.2) is 40.8 Å². The summed E-state index contributed by atoms with van der Waals surface area (Å²) in [5, 5.41) is 3.24. The Labute approximate surface area is 161 Å². The molecule has 3 saturated heterocycles. The molecule has 3 fully saturated rings. The summed E-state index contributed by atoms with van der Waals surface area (Å²) in [7, 11) is 0. The zero-order valence-corrected chi connectivity index (χ0v) is 16.8. The highest BCUT2D eigenvalue weighted by Gasteiger charge is 2.40. The average Bonchev–Trinajstić information content (AvgIpc) is 3.15. The molecule has 1 aromatic carbocycles. The van der Waals surface area contributed by atoms with E-state index in [4.69, 9.17) is 4.42 Å². The van der Waals surface area contributed by atoms with Crippen molar-refractivity contribution in [3.8, 4) is 11.3 Å². The first-order valence-electron chi connectivity index (χ1n) is 10.1. The Kier molecular flexibility index (Phi) is 4.63. The van der Waals surface area contributed by atoms with Gasteiger partial charge in [0.15, 0.2) is 5.76 Å². The third-order valence-corrected chi connectivity index (χ3v) is 6.34. The highest BCUT2D eigenvalue weighted by molar-refractivity contribution is 5.92. The maximum absolute atomic E-state index is 12.7. The molecule has 1 amide bonds. The summed E-state index contributed by atoms with van der Waals surface area (Å²) >= 11 is 0. The van der Waals surface area contributed by atoms with E-state index in [1.165, 1.54) is 18.4 Å². The van der Waals surface area contributed by atoms with Crippen LogP contribution < -0.4 is 5.32 Å². The molecule has 2 atom stereocenters. The molecule has 4 nitrogen and oxygen atoms in total. The molecule has 0 radical (unpaired) electrons. The quantitative estimate of drug-likeness (QED) is 0.872. The molecule has 1 aromatic heterocycles. The fourth-order valence-electron chi connectivity index (χ4n) is 4.52. The number of nitrogens with zero attached hydrogens (tertiary/aromatic N) is 1. The van der Waals surface area contributed by atoms with Gasteiger partial charge in [-0.1, -0.05) is 45.0 Å². The minimum Gasteiger partial charge on any atom is -0.451 e. The molecule has 1 N–H and O–H groups in total. The summed E-state index contributed by atoms with van der Waals surface area (Å²) in [6.07, 6.45) is 2.36. The number of carbonyl (C=O) groups excluding carboxylic acids is 1. The maximum atomic E-state index is 12.7. The first-order valence-corrected chi connectivity index (χ1v) is 10.1. The number of hydrogen-bond donors (Lipinski definition) is 1. The molecule has 0 spiro atoms. The zero-order valence-electron chi connectivity index (χ0n) is 16.8. The molecule has 144 valence electrons. The monoisotopic (exact) mass is 366 g/mol. The van der Waals surface area contributed by atoms with Crippen LogP contribution >= 0.6 is 0 Å². The third kappa shape index (κ3) is 3.55. The van der Waals surface area contributed by atoms with Gasteiger partial charge in [0.05, 0.1) is 0 Å². The second-order valence-corrected chi connectivity index (χ2v) is 9.10. The number of benzene rings is 1. The molecule has 4 heterocycles. The molecule has 27 heavy (non-hydrogen) atoms. The lowest BCUT2D eigenvalue weighted by atomic mass is 9.79. The van der Waals surface area contributed by atoms with Gasteiger partial charge in [-0.05, 0) is 61.9 Å². The van der Waals surface area contributed by atoms with E-state index >= 15 is 0 Å². The van der Waals surface area contributed by atoms with Crippen molar-refractivity contribution in [1.29, 1.82) is 0 Å². The number of furan rings is 1. The van der Waals surface area contributed by atoms with E-state index in [0.717, 1.165) is 24.4 Å². The van der Waals surface area contributed by atoms with Crippen molar-refractivity contribution < 1.29 is 9.21 Å². The van der Waals surface area contributed by atoms with E-state index in [1.807, 2.05) is 6.07 Å². The number of rotatable bonds is 3. The van der Waals surface area contributed by atoms with Crippen LogP contribution in [0.1, 0.15) is 56.7 Å². The normalized spacial score (nSPS) is 27.6. The number of fused-ring (bicyclic) bond motifs is 3. The Morgan fingerprint density at radius 1 is 1.07 bits per heavy atom. The zero-order chi connectivity index (χ0) is 19.2. The summed E-state index contributed by atoms with van der Waals surface area (Å²) in [6.45, 7) is 11.1. The SMILES string of the molecule is CC1C(NC(=O)c2ccc(-c3ccc(C(C)(C)C)cc3)o2)C2CCN1CC2. The first-order chi connectivity index (χ1) is 12.8. The van der Waals surface area contributed by atoms with E-state index in [2.05, 4.69) is 62.2 Å². The van der Waals surface area contributed by atoms with Crippen LogP contribution in [0, 0.1) is 5.92 Å². The van der Waals surface area contributed by atoms with Gasteiger partial charge in [0.2, 0.25) is 0 Å². The van der Waals surface area contributed by atoms with Crippen LogP contribution in [0.3, 0.4) is 0 Å². The Balaban J connectivity index is 1.47. The predicted octanol–water partition coefficient (Wildman–Crippen LogP) is 4.46. The molecule has 0 aliphatic carbocycles. The molecule has 2 bridgehead atoms. The largest absolute Gasteiger partial charge is 0.451 e. The fourth-order valence-corrected chi connectivity index (χ4v) is 4.52. The Hall–Kier alpha value is -2.07. The van der Waals surface area contributed by atoms with Crippen molar-refractivity contribution in [2.75, 3.05) is 13.1 Å². The van der Waals surface area contributed by atoms with E-state index in [-0.39, 0.29) is 17.4 Å². The highest BCUT2D eigenvalue weighted by Crippen LogP contribution is 2.32. The molecule has 3 aliphatic rings. The molecular weight excluding hydrogens is 336 g/mol. The van der Waals surface area contributed by atoms with Gasteiger partial charge in [0.1, 0.15) is 5.76 Å². The van der Waals surface area contributed by atoms with Crippen LogP contribution in [0.2, 0.25) is 0 Å². The summed E-state index contributed by atoms with van der Waals surface area (Å²) in [4.78, 5) is 15.2. The molecule has 4 heteroatoms. The Morgan fingerprint density at radius 3 is 2.33 bits per heavy atom. The molecule has 3 aliphatic heterocycles. The van der Waals surface area contributed by atoms with Gasteiger partial charge in [-0.15, -0.1) is 0 Å². The number of hydrogen-bond acceptors (Lipinski definition) is 3. The average molecular weight is 367 g/mol. The van der Waals surface area contributed by atoms with Gasteiger partial charge in [-0.25, -0.2) is 0 Å². The van der Waals surface area contributed by atoms with E-state index in [0.29, 0.717) is 17.7 Å². The summed E-state index contributed by atoms with van der Waals surface area (Å²) in [5.74, 6) is 1.63. The van der Waals surface area contributed by atoms with Crippen molar-refractivity contribution in [3.05, 3.63) is 47.7 Å². The molecule has 2 unspecified atom stereocenters. The van der Waals surface area contributed by atoms with Crippen LogP contribution in [-0.2, 0) is 5.41 Å². The smallest absolute Gasteiger partial charge is 0.287 e. The van der Waals surface area contributed by atoms with Gasteiger partial charge in [0.25, 0.3) is 5.91 Å². The highest BCUT2D eigenvalue weighted by atomic mass is 16.3. The van der Waals surface area contributed by atoms with Gasteiger partial charge in [-0.2, -0.15) is 0 Å². The lowest BCUT2D eigenvalue weighted by Crippen LogP contribution is -2.62. The second-order valence-electron chi connectivity index (χ2n) is 9.10. The lowest BCUT2D eigenvalue weighted by Gasteiger charge is -2.49. The Bertz CT molecular complexity index is 806. The number of carbonyl (C=O) groups is 1. The van der Waals surface area contributed by atoms with Crippen LogP contribution in [0.4, 0.5) is 0 Å². The van der Waals surface area contributed by atoms with Crippen molar-refractivity contribution in [2.45, 2.75) is 58.0 Å². The Morgan fingerprint density at radius 2 is 1.74 bits per heavy atom. The van der Waals surface area contributed by atoms with Crippen molar-refractivity contribution >= 4 is 5.91 Å². The van der Waals surface area contributed by atoms with Gasteiger partial charge < -0.3 is 9.73 Å². The summed E-state index contributed by atoms with van der Waals surface area (Å²) in [5.41, 5.74) is 2.41. The van der Waals surface area contributed by atoms with Gasteiger partial charge in [0, 0.05) is 17.6 Å². The lowest BCUT2D eigenvalue weighted by molar-refractivity contribution is 0.0211. The predicted molar refractivity (Wildman–Crippen MR) is 108 cm³/mol. The molecular formula is C23H30N2O2. The van der Waals surface area contributed by atoms with E-state index in [1.54, 1.807) is 6.07 Å². The van der Waals surface area contributed by atoms with E-state index < -0.39 is 0 Å². The van der Waals surface area contributed by atoms with Crippen molar-refractivity contribution in [1.82, 2.24) is 10.2 Å². The van der Waals surface area contributed by atoms with Crippen LogP contribution in [-0.4, -0.2) is 36.0 Å². The number of nitrogens with one attached hydrogen (secondary N) is 1. The van der Waals surface area contributed by atoms with Crippen LogP contribution in [0.25, 0.3) is 11.3 Å². The molecule has 2 aromatic rings. The minimum atomic E-state index is -0.0989. The summed E-state index contributed by atoms with van der Waals surface area (Å²) < 4.78 is 5.89. The second kappa shape index (κ2) is 6.83. The van der Waals surface area contributed by atoms with Crippen LogP contribution in [0.5, 0.6) is 0 Å². The molecule has 5 rings (SSSR count). The van der Waals surface area contributed by atoms with Crippen molar-refractivity contribution in [2.24, 2.45) is 5.92 Å². The standard InChI is InChI=1S/C23H30N2O2/c1-15-21(17-11-13-25(15)14-12-17)24-22(26)20-10-9-19(27-20)16-5-7-18(8-6-16)23(2,3)4/h5-10,15,17,21H,11-14H2,1-4H3,(H,24,26). The minimum absolute atomic E-state index is 0.0989. The van der Waals surface area contributed by atoms with E-state index in [9.17, 15) is 4.79 Å². The number of piperidine rings is 3. The third-order valence-electron chi connectivity index (χ3n) is 6.34. The van der Waals surface area contributed by atoms with Crippen molar-refractivity contribution in [3.63, 3.8) is 0 Å². The molecule has 0 saturated carbocycles. The van der Waals surface area contributed by atoms with Gasteiger partial charge >= 0.3 is 0 Å². The van der Waals surface area contributed by atoms with Gasteiger partial charge in [-0.3, -0.25) is 9.69 Å². The maximum Gasteiger partial charge on any atom is 0.287 e. The first kappa shape index (κ1) is 18.3. The topological polar surface area (TPSA) is 45.5 Å². The number of amides is 1. The summed E-state index contributed by atoms with van der Waals surface area (Å²) in [6, 6.07) is 12.7. The fraction of sp³-hybridized carbons (Fsp3) is 0.522.